The number of sulfonamides is 1. The molecule has 1 saturated carbocycles. The van der Waals surface area contributed by atoms with Gasteiger partial charge in [0.2, 0.25) is 0 Å². The molecular formula is C24H21ClN2O6S2. The number of carboxylic acid groups (broad SMARTS) is 1. The minimum absolute atomic E-state index is 0.00221. The molecule has 2 unspecified atom stereocenters. The molecule has 2 N–H and O–H groups in total. The smallest absolute Gasteiger partial charge is 0.409 e. The predicted molar refractivity (Wildman–Crippen MR) is 131 cm³/mol. The number of hydrogen-bond donors (Lipinski definition) is 2. The Kier molecular flexibility index (Phi) is 5.87. The van der Waals surface area contributed by atoms with Gasteiger partial charge in [0.1, 0.15) is 16.4 Å². The van der Waals surface area contributed by atoms with E-state index >= 15 is 0 Å². The normalized spacial score (nSPS) is 23.8. The van der Waals surface area contributed by atoms with Crippen molar-refractivity contribution in [2.45, 2.75) is 21.6 Å². The number of hydrogen-bond acceptors (Lipinski definition) is 6. The highest BCUT2D eigenvalue weighted by molar-refractivity contribution is 7.91. The Morgan fingerprint density at radius 1 is 1.11 bits per heavy atom. The molecular weight excluding hydrogens is 512 g/mol. The summed E-state index contributed by atoms with van der Waals surface area (Å²) in [5.74, 6) is -1.30. The molecule has 8 nitrogen and oxygen atoms in total. The number of carbonyl (C=O) groups is 2. The standard InChI is InChI=1S/C24H21ClN2O6S2/c25-18-8-6-16(7-9-18)19-10-11-20(34-19)35(31,32)26-24(21(28)29)14-23(24,17-4-2-1-3-5-17)15-27-12-13-33-22(27)30/h1-11,26H,12-15H2,(H,28,29). The second kappa shape index (κ2) is 8.63. The van der Waals surface area contributed by atoms with Gasteiger partial charge in [-0.05, 0) is 41.8 Å². The van der Waals surface area contributed by atoms with Crippen LogP contribution in [0.4, 0.5) is 4.79 Å². The minimum Gasteiger partial charge on any atom is -0.480 e. The van der Waals surface area contributed by atoms with Gasteiger partial charge in [0.15, 0.2) is 0 Å². The second-order valence-corrected chi connectivity index (χ2v) is 12.0. The van der Waals surface area contributed by atoms with Crippen LogP contribution >= 0.6 is 22.9 Å². The van der Waals surface area contributed by atoms with E-state index in [-0.39, 0.29) is 23.8 Å². The number of aliphatic carboxylic acids is 1. The van der Waals surface area contributed by atoms with Crippen LogP contribution in [0, 0.1) is 0 Å². The summed E-state index contributed by atoms with van der Waals surface area (Å²) >= 11 is 6.98. The predicted octanol–water partition coefficient (Wildman–Crippen LogP) is 3.96. The zero-order chi connectivity index (χ0) is 24.8. The van der Waals surface area contributed by atoms with Crippen LogP contribution in [0.2, 0.25) is 5.02 Å². The summed E-state index contributed by atoms with van der Waals surface area (Å²) in [6.45, 7) is 0.536. The number of nitrogens with zero attached hydrogens (tertiary/aromatic N) is 1. The van der Waals surface area contributed by atoms with Gasteiger partial charge >= 0.3 is 12.1 Å². The molecule has 182 valence electrons. The summed E-state index contributed by atoms with van der Waals surface area (Å²) in [4.78, 5) is 26.9. The van der Waals surface area contributed by atoms with Crippen molar-refractivity contribution >= 4 is 45.0 Å². The Balaban J connectivity index is 1.49. The highest BCUT2D eigenvalue weighted by atomic mass is 35.5. The average molecular weight is 533 g/mol. The average Bonchev–Trinajstić information content (AvgIpc) is 3.13. The van der Waals surface area contributed by atoms with Gasteiger partial charge in [-0.3, -0.25) is 4.79 Å². The molecule has 1 aliphatic heterocycles. The lowest BCUT2D eigenvalue weighted by Crippen LogP contribution is -2.51. The molecule has 2 fully saturated rings. The highest BCUT2D eigenvalue weighted by Gasteiger charge is 2.75. The fraction of sp³-hybridized carbons (Fsp3) is 0.250. The Morgan fingerprint density at radius 3 is 2.46 bits per heavy atom. The van der Waals surface area contributed by atoms with E-state index < -0.39 is 33.0 Å². The lowest BCUT2D eigenvalue weighted by Gasteiger charge is -2.27. The number of carboxylic acids is 1. The second-order valence-electron chi connectivity index (χ2n) is 8.60. The van der Waals surface area contributed by atoms with E-state index in [2.05, 4.69) is 4.72 Å². The first-order valence-electron chi connectivity index (χ1n) is 10.8. The van der Waals surface area contributed by atoms with E-state index in [1.54, 1.807) is 60.7 Å². The van der Waals surface area contributed by atoms with Crippen LogP contribution in [-0.4, -0.2) is 55.7 Å². The maximum atomic E-state index is 13.4. The molecule has 1 aromatic heterocycles. The van der Waals surface area contributed by atoms with Gasteiger partial charge in [-0.1, -0.05) is 54.1 Å². The molecule has 5 rings (SSSR count). The number of amides is 1. The lowest BCUT2D eigenvalue weighted by atomic mass is 9.90. The first kappa shape index (κ1) is 23.8. The van der Waals surface area contributed by atoms with Crippen molar-refractivity contribution in [1.82, 2.24) is 9.62 Å². The summed E-state index contributed by atoms with van der Waals surface area (Å²) in [5, 5.41) is 10.9. The van der Waals surface area contributed by atoms with Crippen molar-refractivity contribution in [2.24, 2.45) is 0 Å². The van der Waals surface area contributed by atoms with Crippen LogP contribution in [0.1, 0.15) is 12.0 Å². The number of benzene rings is 2. The Hall–Kier alpha value is -2.92. The highest BCUT2D eigenvalue weighted by Crippen LogP contribution is 2.59. The third-order valence-corrected chi connectivity index (χ3v) is 9.91. The molecule has 2 heterocycles. The molecule has 0 bridgehead atoms. The van der Waals surface area contributed by atoms with Crippen LogP contribution in [0.15, 0.2) is 70.9 Å². The van der Waals surface area contributed by atoms with Crippen molar-refractivity contribution in [2.75, 3.05) is 19.7 Å². The van der Waals surface area contributed by atoms with E-state index in [0.717, 1.165) is 16.9 Å². The number of thiophene rings is 1. The summed E-state index contributed by atoms with van der Waals surface area (Å²) in [7, 11) is -4.20. The largest absolute Gasteiger partial charge is 0.480 e. The first-order chi connectivity index (χ1) is 16.7. The van der Waals surface area contributed by atoms with Gasteiger partial charge in [-0.25, -0.2) is 13.2 Å². The summed E-state index contributed by atoms with van der Waals surface area (Å²) in [5.41, 5.74) is -1.53. The fourth-order valence-electron chi connectivity index (χ4n) is 4.66. The van der Waals surface area contributed by atoms with Gasteiger partial charge in [-0.2, -0.15) is 4.72 Å². The van der Waals surface area contributed by atoms with Gasteiger partial charge < -0.3 is 14.7 Å². The Labute approximate surface area is 211 Å². The molecule has 0 radical (unpaired) electrons. The van der Waals surface area contributed by atoms with Crippen molar-refractivity contribution in [1.29, 1.82) is 0 Å². The summed E-state index contributed by atoms with van der Waals surface area (Å²) in [6.07, 6.45) is -0.544. The van der Waals surface area contributed by atoms with Gasteiger partial charge in [-0.15, -0.1) is 11.3 Å². The van der Waals surface area contributed by atoms with E-state index in [1.807, 2.05) is 0 Å². The maximum Gasteiger partial charge on any atom is 0.409 e. The van der Waals surface area contributed by atoms with Crippen molar-refractivity contribution in [3.63, 3.8) is 0 Å². The maximum absolute atomic E-state index is 13.4. The van der Waals surface area contributed by atoms with E-state index in [9.17, 15) is 23.1 Å². The minimum atomic E-state index is -4.20. The molecule has 2 atom stereocenters. The fourth-order valence-corrected chi connectivity index (χ4v) is 7.53. The van der Waals surface area contributed by atoms with Crippen LogP contribution in [-0.2, 0) is 25.0 Å². The Morgan fingerprint density at radius 2 is 1.83 bits per heavy atom. The third-order valence-electron chi connectivity index (χ3n) is 6.54. The molecule has 1 saturated heterocycles. The molecule has 1 amide bonds. The summed E-state index contributed by atoms with van der Waals surface area (Å²) < 4.78 is 34.4. The van der Waals surface area contributed by atoms with Gasteiger partial charge in [0, 0.05) is 21.9 Å². The van der Waals surface area contributed by atoms with E-state index in [1.165, 1.54) is 11.0 Å². The number of nitrogens with one attached hydrogen (secondary N) is 1. The molecule has 3 aromatic rings. The number of cyclic esters (lactones) is 1. The molecule has 0 spiro atoms. The van der Waals surface area contributed by atoms with Crippen LogP contribution in [0.5, 0.6) is 0 Å². The monoisotopic (exact) mass is 532 g/mol. The van der Waals surface area contributed by atoms with Crippen LogP contribution in [0.3, 0.4) is 0 Å². The van der Waals surface area contributed by atoms with Crippen LogP contribution in [0.25, 0.3) is 10.4 Å². The molecule has 11 heteroatoms. The number of halogens is 1. The first-order valence-corrected chi connectivity index (χ1v) is 13.5. The zero-order valence-electron chi connectivity index (χ0n) is 18.3. The van der Waals surface area contributed by atoms with E-state index in [4.69, 9.17) is 16.3 Å². The zero-order valence-corrected chi connectivity index (χ0v) is 20.7. The topological polar surface area (TPSA) is 113 Å². The van der Waals surface area contributed by atoms with Crippen molar-refractivity contribution in [3.05, 3.63) is 77.3 Å². The van der Waals surface area contributed by atoms with E-state index in [0.29, 0.717) is 22.0 Å². The number of ether oxygens (including phenoxy) is 1. The SMILES string of the molecule is O=C1OCCN1CC1(c2ccccc2)CC1(NS(=O)(=O)c1ccc(-c2ccc(Cl)cc2)s1)C(=O)O. The van der Waals surface area contributed by atoms with Crippen LogP contribution < -0.4 is 4.72 Å². The lowest BCUT2D eigenvalue weighted by molar-refractivity contribution is -0.140. The third kappa shape index (κ3) is 4.10. The van der Waals surface area contributed by atoms with Crippen molar-refractivity contribution < 1.29 is 27.9 Å². The van der Waals surface area contributed by atoms with Crippen molar-refractivity contribution in [3.8, 4) is 10.4 Å². The number of rotatable bonds is 8. The number of carbonyl (C=O) groups excluding carboxylic acids is 1. The summed E-state index contributed by atoms with van der Waals surface area (Å²) in [6, 6.07) is 18.9. The van der Waals surface area contributed by atoms with Gasteiger partial charge in [0.05, 0.1) is 6.54 Å². The molecule has 35 heavy (non-hydrogen) atoms. The quantitative estimate of drug-likeness (QED) is 0.454. The van der Waals surface area contributed by atoms with Gasteiger partial charge in [0.25, 0.3) is 10.0 Å². The molecule has 2 aliphatic rings. The molecule has 2 aromatic carbocycles. The molecule has 1 aliphatic carbocycles. The Bertz CT molecular complexity index is 1390.